The molecule has 5 nitrogen and oxygen atoms in total. The van der Waals surface area contributed by atoms with E-state index < -0.39 is 0 Å². The summed E-state index contributed by atoms with van der Waals surface area (Å²) in [6.45, 7) is 3.28. The molecule has 0 unspecified atom stereocenters. The van der Waals surface area contributed by atoms with Crippen LogP contribution >= 0.6 is 11.3 Å². The summed E-state index contributed by atoms with van der Waals surface area (Å²) in [6.07, 6.45) is 2.48. The predicted octanol–water partition coefficient (Wildman–Crippen LogP) is 2.85. The first-order valence-electron chi connectivity index (χ1n) is 9.08. The third-order valence-corrected chi connectivity index (χ3v) is 5.48. The van der Waals surface area contributed by atoms with Crippen molar-refractivity contribution in [2.75, 3.05) is 38.0 Å². The van der Waals surface area contributed by atoms with Gasteiger partial charge in [-0.1, -0.05) is 24.3 Å². The predicted molar refractivity (Wildman–Crippen MR) is 105 cm³/mol. The number of rotatable bonds is 7. The number of para-hydroxylation sites is 1. The highest BCUT2D eigenvalue weighted by molar-refractivity contribution is 7.09. The number of aryl methyl sites for hydroxylation is 1. The highest BCUT2D eigenvalue weighted by Gasteiger charge is 2.22. The standard InChI is InChI=1S/C20H25N3O2S/c24-19(21-17-6-2-1-3-7-17)16-22-11-13-23(14-12-22)20(25)10-4-8-18-9-5-15-26-18/h1-3,5-7,9,15H,4,8,10-14,16H2,(H,21,24). The fourth-order valence-corrected chi connectivity index (χ4v) is 3.86. The highest BCUT2D eigenvalue weighted by Crippen LogP contribution is 2.13. The highest BCUT2D eigenvalue weighted by atomic mass is 32.1. The van der Waals surface area contributed by atoms with E-state index in [1.165, 1.54) is 4.88 Å². The smallest absolute Gasteiger partial charge is 0.238 e. The normalized spacial score (nSPS) is 15.0. The van der Waals surface area contributed by atoms with Gasteiger partial charge in [0, 0.05) is 43.2 Å². The van der Waals surface area contributed by atoms with Crippen molar-refractivity contribution >= 4 is 28.8 Å². The van der Waals surface area contributed by atoms with E-state index in [1.54, 1.807) is 11.3 Å². The minimum atomic E-state index is -0.00748. The Bertz CT molecular complexity index is 695. The summed E-state index contributed by atoms with van der Waals surface area (Å²) in [5.41, 5.74) is 0.817. The van der Waals surface area contributed by atoms with Crippen LogP contribution in [-0.2, 0) is 16.0 Å². The van der Waals surface area contributed by atoms with Crippen LogP contribution in [0.25, 0.3) is 0 Å². The molecule has 1 aliphatic heterocycles. The number of hydrogen-bond donors (Lipinski definition) is 1. The molecule has 2 aromatic rings. The van der Waals surface area contributed by atoms with Crippen molar-refractivity contribution in [2.24, 2.45) is 0 Å². The topological polar surface area (TPSA) is 52.7 Å². The van der Waals surface area contributed by atoms with Gasteiger partial charge < -0.3 is 10.2 Å². The summed E-state index contributed by atoms with van der Waals surface area (Å²) in [7, 11) is 0. The SMILES string of the molecule is O=C(CN1CCN(C(=O)CCCc2cccs2)CC1)Nc1ccccc1. The monoisotopic (exact) mass is 371 g/mol. The first kappa shape index (κ1) is 18.6. The quantitative estimate of drug-likeness (QED) is 0.814. The van der Waals surface area contributed by atoms with Crippen molar-refractivity contribution in [2.45, 2.75) is 19.3 Å². The molecule has 138 valence electrons. The van der Waals surface area contributed by atoms with E-state index in [1.807, 2.05) is 35.2 Å². The second kappa shape index (κ2) is 9.50. The van der Waals surface area contributed by atoms with Crippen LogP contribution < -0.4 is 5.32 Å². The zero-order valence-electron chi connectivity index (χ0n) is 14.9. The third kappa shape index (κ3) is 5.68. The Morgan fingerprint density at radius 2 is 1.77 bits per heavy atom. The van der Waals surface area contributed by atoms with Crippen LogP contribution in [-0.4, -0.2) is 54.3 Å². The van der Waals surface area contributed by atoms with Gasteiger partial charge in [0.2, 0.25) is 11.8 Å². The largest absolute Gasteiger partial charge is 0.340 e. The molecule has 1 aliphatic rings. The lowest BCUT2D eigenvalue weighted by atomic mass is 10.2. The average Bonchev–Trinajstić information content (AvgIpc) is 3.16. The lowest BCUT2D eigenvalue weighted by molar-refractivity contribution is -0.133. The zero-order chi connectivity index (χ0) is 18.2. The molecule has 2 heterocycles. The number of thiophene rings is 1. The van der Waals surface area contributed by atoms with Crippen LogP contribution in [0, 0.1) is 0 Å². The number of piperazine rings is 1. The summed E-state index contributed by atoms with van der Waals surface area (Å²) >= 11 is 1.75. The Morgan fingerprint density at radius 3 is 2.46 bits per heavy atom. The van der Waals surface area contributed by atoms with Gasteiger partial charge in [-0.3, -0.25) is 14.5 Å². The molecule has 0 radical (unpaired) electrons. The van der Waals surface area contributed by atoms with E-state index >= 15 is 0 Å². The Labute approximate surface area is 158 Å². The molecule has 0 bridgehead atoms. The molecule has 0 aliphatic carbocycles. The van der Waals surface area contributed by atoms with Crippen molar-refractivity contribution in [3.8, 4) is 0 Å². The molecule has 3 rings (SSSR count). The van der Waals surface area contributed by atoms with Gasteiger partial charge in [0.15, 0.2) is 0 Å². The first-order chi connectivity index (χ1) is 12.7. The second-order valence-electron chi connectivity index (χ2n) is 6.50. The molecular weight excluding hydrogens is 346 g/mol. The number of anilines is 1. The average molecular weight is 372 g/mol. The maximum absolute atomic E-state index is 12.3. The summed E-state index contributed by atoms with van der Waals surface area (Å²) in [6, 6.07) is 13.7. The van der Waals surface area contributed by atoms with Gasteiger partial charge in [-0.25, -0.2) is 0 Å². The van der Waals surface area contributed by atoms with E-state index in [2.05, 4.69) is 27.7 Å². The molecule has 1 aromatic heterocycles. The molecule has 1 aromatic carbocycles. The third-order valence-electron chi connectivity index (χ3n) is 4.54. The number of nitrogens with zero attached hydrogens (tertiary/aromatic N) is 2. The molecule has 1 N–H and O–H groups in total. The van der Waals surface area contributed by atoms with Crippen molar-refractivity contribution in [1.82, 2.24) is 9.80 Å². The van der Waals surface area contributed by atoms with Gasteiger partial charge in [-0.05, 0) is 36.4 Å². The first-order valence-corrected chi connectivity index (χ1v) is 9.96. The van der Waals surface area contributed by atoms with E-state index in [4.69, 9.17) is 0 Å². The molecule has 1 fully saturated rings. The van der Waals surface area contributed by atoms with Crippen LogP contribution in [0.15, 0.2) is 47.8 Å². The Morgan fingerprint density at radius 1 is 1.00 bits per heavy atom. The molecule has 26 heavy (non-hydrogen) atoms. The van der Waals surface area contributed by atoms with Crippen LogP contribution in [0.4, 0.5) is 5.69 Å². The Hall–Kier alpha value is -2.18. The second-order valence-corrected chi connectivity index (χ2v) is 7.54. The molecule has 0 atom stereocenters. The van der Waals surface area contributed by atoms with Crippen LogP contribution in [0.1, 0.15) is 17.7 Å². The van der Waals surface area contributed by atoms with Gasteiger partial charge in [-0.2, -0.15) is 0 Å². The number of amides is 2. The van der Waals surface area contributed by atoms with Crippen LogP contribution in [0.2, 0.25) is 0 Å². The maximum atomic E-state index is 12.3. The number of carbonyl (C=O) groups is 2. The van der Waals surface area contributed by atoms with Crippen molar-refractivity contribution < 1.29 is 9.59 Å². The van der Waals surface area contributed by atoms with Crippen molar-refractivity contribution in [1.29, 1.82) is 0 Å². The fraction of sp³-hybridized carbons (Fsp3) is 0.400. The molecule has 2 amide bonds. The van der Waals surface area contributed by atoms with Crippen LogP contribution in [0.5, 0.6) is 0 Å². The van der Waals surface area contributed by atoms with Gasteiger partial charge in [0.1, 0.15) is 0 Å². The Balaban J connectivity index is 1.34. The van der Waals surface area contributed by atoms with Crippen molar-refractivity contribution in [3.63, 3.8) is 0 Å². The van der Waals surface area contributed by atoms with E-state index in [0.717, 1.165) is 31.6 Å². The zero-order valence-corrected chi connectivity index (χ0v) is 15.7. The summed E-state index contributed by atoms with van der Waals surface area (Å²) < 4.78 is 0. The van der Waals surface area contributed by atoms with Gasteiger partial charge in [0.05, 0.1) is 6.54 Å². The minimum Gasteiger partial charge on any atom is -0.340 e. The number of benzene rings is 1. The maximum Gasteiger partial charge on any atom is 0.238 e. The van der Waals surface area contributed by atoms with E-state index in [0.29, 0.717) is 26.1 Å². The van der Waals surface area contributed by atoms with Gasteiger partial charge in [0.25, 0.3) is 0 Å². The lowest BCUT2D eigenvalue weighted by Gasteiger charge is -2.34. The number of nitrogens with one attached hydrogen (secondary N) is 1. The number of hydrogen-bond acceptors (Lipinski definition) is 4. The fourth-order valence-electron chi connectivity index (χ4n) is 3.11. The van der Waals surface area contributed by atoms with Gasteiger partial charge in [-0.15, -0.1) is 11.3 Å². The van der Waals surface area contributed by atoms with E-state index in [9.17, 15) is 9.59 Å². The molecule has 6 heteroatoms. The lowest BCUT2D eigenvalue weighted by Crippen LogP contribution is -2.50. The van der Waals surface area contributed by atoms with E-state index in [-0.39, 0.29) is 11.8 Å². The summed E-state index contributed by atoms with van der Waals surface area (Å²) in [5.74, 6) is 0.224. The molecule has 0 saturated carbocycles. The molecule has 0 spiro atoms. The summed E-state index contributed by atoms with van der Waals surface area (Å²) in [5, 5.41) is 4.98. The Kier molecular flexibility index (Phi) is 6.80. The van der Waals surface area contributed by atoms with Crippen molar-refractivity contribution in [3.05, 3.63) is 52.7 Å². The molecule has 1 saturated heterocycles. The van der Waals surface area contributed by atoms with Crippen LogP contribution in [0.3, 0.4) is 0 Å². The summed E-state index contributed by atoms with van der Waals surface area (Å²) in [4.78, 5) is 29.8. The van der Waals surface area contributed by atoms with Gasteiger partial charge >= 0.3 is 0 Å². The molecular formula is C20H25N3O2S. The minimum absolute atomic E-state index is 0.00748. The number of carbonyl (C=O) groups excluding carboxylic acids is 2.